The second-order valence-electron chi connectivity index (χ2n) is 5.86. The van der Waals surface area contributed by atoms with Crippen molar-refractivity contribution in [2.24, 2.45) is 0 Å². The number of rotatable bonds is 5. The minimum atomic E-state index is -0.347. The van der Waals surface area contributed by atoms with Gasteiger partial charge in [-0.1, -0.05) is 0 Å². The summed E-state index contributed by atoms with van der Waals surface area (Å²) in [5, 5.41) is 0. The molecule has 0 saturated carbocycles. The third kappa shape index (κ3) is 4.54. The molecule has 136 valence electrons. The fraction of sp³-hybridized carbons (Fsp3) is 0.200. The molecule has 1 aliphatic heterocycles. The monoisotopic (exact) mass is 525 g/mol. The first-order valence-corrected chi connectivity index (χ1v) is 11.4. The van der Waals surface area contributed by atoms with Gasteiger partial charge in [-0.2, -0.15) is 0 Å². The molecule has 0 bridgehead atoms. The Labute approximate surface area is 172 Å². The average Bonchev–Trinajstić information content (AvgIpc) is 2.67. The fourth-order valence-corrected chi connectivity index (χ4v) is 5.46. The Balaban J connectivity index is 1.82. The number of carbonyl (C=O) groups excluding carboxylic acids is 1. The zero-order valence-corrected chi connectivity index (χ0v) is 18.3. The first-order chi connectivity index (χ1) is 12.6. The summed E-state index contributed by atoms with van der Waals surface area (Å²) < 4.78 is 10.4. The van der Waals surface area contributed by atoms with E-state index in [9.17, 15) is 4.79 Å². The number of benzene rings is 1. The van der Waals surface area contributed by atoms with Crippen LogP contribution in [0.2, 0.25) is 0 Å². The van der Waals surface area contributed by atoms with Gasteiger partial charge in [0.05, 0.1) is 0 Å². The van der Waals surface area contributed by atoms with Crippen LogP contribution >= 0.6 is 15.9 Å². The summed E-state index contributed by atoms with van der Waals surface area (Å²) in [7, 11) is 1.39. The molecular formula is C20H19BrIN2O2-. The Morgan fingerprint density at radius 2 is 2.00 bits per heavy atom. The van der Waals surface area contributed by atoms with Gasteiger partial charge in [0.2, 0.25) is 0 Å². The van der Waals surface area contributed by atoms with Crippen molar-refractivity contribution in [3.8, 4) is 0 Å². The summed E-state index contributed by atoms with van der Waals surface area (Å²) in [5.74, 6) is -0.347. The Morgan fingerprint density at radius 1 is 1.23 bits per heavy atom. The number of nitrogens with zero attached hydrogens (tertiary/aromatic N) is 2. The van der Waals surface area contributed by atoms with E-state index in [1.54, 1.807) is 18.3 Å². The van der Waals surface area contributed by atoms with Crippen LogP contribution in [0.3, 0.4) is 0 Å². The topological polar surface area (TPSA) is 42.4 Å². The molecule has 0 N–H and O–H groups in total. The van der Waals surface area contributed by atoms with Gasteiger partial charge in [0.25, 0.3) is 0 Å². The molecule has 0 aliphatic carbocycles. The van der Waals surface area contributed by atoms with Crippen LogP contribution in [-0.2, 0) is 11.2 Å². The van der Waals surface area contributed by atoms with E-state index in [0.29, 0.717) is 5.56 Å². The standard InChI is InChI=1S/C20H19BrIN2O2/c1-14-3-5-15(6-4-14)8-10-24-18(12-22-13-19(24)21)17-11-16(7-9-23-17)20(25)26-2/h3-7,9,11-13H,8,10H2,1-2H3/q-1. The van der Waals surface area contributed by atoms with E-state index in [4.69, 9.17) is 4.74 Å². The molecule has 1 aromatic heterocycles. The van der Waals surface area contributed by atoms with Crippen molar-refractivity contribution < 1.29 is 30.7 Å². The fourth-order valence-electron chi connectivity index (χ4n) is 2.61. The first-order valence-electron chi connectivity index (χ1n) is 8.14. The Morgan fingerprint density at radius 3 is 2.73 bits per heavy atom. The first kappa shape index (κ1) is 19.1. The third-order valence-electron chi connectivity index (χ3n) is 4.06. The van der Waals surface area contributed by atoms with Crippen molar-refractivity contribution in [3.63, 3.8) is 0 Å². The molecule has 0 radical (unpaired) electrons. The van der Waals surface area contributed by atoms with Crippen LogP contribution in [0.15, 0.2) is 55.4 Å². The van der Waals surface area contributed by atoms with Gasteiger partial charge >= 0.3 is 173 Å². The quantitative estimate of drug-likeness (QED) is 0.335. The van der Waals surface area contributed by atoms with Gasteiger partial charge < -0.3 is 0 Å². The van der Waals surface area contributed by atoms with E-state index >= 15 is 0 Å². The van der Waals surface area contributed by atoms with Crippen LogP contribution in [0.1, 0.15) is 27.2 Å². The molecule has 6 heteroatoms. The van der Waals surface area contributed by atoms with Crippen LogP contribution < -0.4 is 21.2 Å². The molecule has 1 aliphatic rings. The number of carbonyl (C=O) groups is 1. The van der Waals surface area contributed by atoms with Crippen LogP contribution in [0.5, 0.6) is 0 Å². The molecule has 1 aromatic carbocycles. The van der Waals surface area contributed by atoms with Crippen LogP contribution in [0.4, 0.5) is 0 Å². The summed E-state index contributed by atoms with van der Waals surface area (Å²) in [6, 6.07) is 12.1. The van der Waals surface area contributed by atoms with Crippen molar-refractivity contribution >= 4 is 27.6 Å². The van der Waals surface area contributed by atoms with Crippen molar-refractivity contribution in [2.45, 2.75) is 13.3 Å². The molecule has 2 heterocycles. The minimum absolute atomic E-state index is 0.188. The Bertz CT molecular complexity index is 862. The number of esters is 1. The predicted molar refractivity (Wildman–Crippen MR) is 102 cm³/mol. The summed E-state index contributed by atoms with van der Waals surface area (Å²) in [4.78, 5) is 18.5. The van der Waals surface area contributed by atoms with Crippen molar-refractivity contribution in [1.82, 2.24) is 9.88 Å². The summed E-state index contributed by atoms with van der Waals surface area (Å²) in [5.41, 5.74) is 4.92. The molecule has 0 saturated heterocycles. The SMILES string of the molecule is COC(=O)c1ccnc(C2=C[I-]C=C(Br)N2CCc2ccc(C)cc2)c1. The van der Waals surface area contributed by atoms with Crippen LogP contribution in [-0.4, -0.2) is 29.5 Å². The number of hydrogen-bond acceptors (Lipinski definition) is 4. The number of pyridine rings is 1. The van der Waals surface area contributed by atoms with Crippen LogP contribution in [0.25, 0.3) is 5.70 Å². The van der Waals surface area contributed by atoms with E-state index < -0.39 is 0 Å². The normalized spacial score (nSPS) is 14.2. The second kappa shape index (κ2) is 8.81. The molecule has 0 spiro atoms. The zero-order valence-electron chi connectivity index (χ0n) is 14.6. The van der Waals surface area contributed by atoms with Crippen molar-refractivity contribution in [1.29, 1.82) is 0 Å². The van der Waals surface area contributed by atoms with Gasteiger partial charge in [0.1, 0.15) is 0 Å². The molecule has 26 heavy (non-hydrogen) atoms. The van der Waals surface area contributed by atoms with Gasteiger partial charge in [0.15, 0.2) is 0 Å². The summed E-state index contributed by atoms with van der Waals surface area (Å²) in [6.07, 6.45) is 2.58. The summed E-state index contributed by atoms with van der Waals surface area (Å²) >= 11 is 3.51. The number of hydrogen-bond donors (Lipinski definition) is 0. The number of aromatic nitrogens is 1. The number of aryl methyl sites for hydroxylation is 1. The number of methoxy groups -OCH3 is 1. The Kier molecular flexibility index (Phi) is 6.48. The van der Waals surface area contributed by atoms with E-state index in [0.717, 1.165) is 29.0 Å². The average molecular weight is 526 g/mol. The molecule has 3 rings (SSSR count). The molecular weight excluding hydrogens is 507 g/mol. The maximum atomic E-state index is 11.8. The molecule has 0 unspecified atom stereocenters. The molecule has 4 nitrogen and oxygen atoms in total. The summed E-state index contributed by atoms with van der Waals surface area (Å²) in [6.45, 7) is 2.93. The maximum absolute atomic E-state index is 11.8. The van der Waals surface area contributed by atoms with Crippen LogP contribution in [0, 0.1) is 6.92 Å². The molecule has 0 atom stereocenters. The van der Waals surface area contributed by atoms with Gasteiger partial charge in [0, 0.05) is 0 Å². The number of halogens is 2. The van der Waals surface area contributed by atoms with E-state index in [1.807, 2.05) is 0 Å². The zero-order chi connectivity index (χ0) is 18.5. The van der Waals surface area contributed by atoms with Gasteiger partial charge in [-0.3, -0.25) is 0 Å². The van der Waals surface area contributed by atoms with Gasteiger partial charge in [-0.15, -0.1) is 0 Å². The van der Waals surface area contributed by atoms with E-state index in [2.05, 4.69) is 65.2 Å². The molecule has 0 amide bonds. The van der Waals surface area contributed by atoms with Gasteiger partial charge in [-0.05, 0) is 0 Å². The molecule has 2 aromatic rings. The second-order valence-corrected chi connectivity index (χ2v) is 8.64. The van der Waals surface area contributed by atoms with E-state index in [1.165, 1.54) is 18.2 Å². The predicted octanol–water partition coefficient (Wildman–Crippen LogP) is 1.32. The van der Waals surface area contributed by atoms with E-state index in [-0.39, 0.29) is 27.2 Å². The van der Waals surface area contributed by atoms with Gasteiger partial charge in [-0.25, -0.2) is 0 Å². The molecule has 0 fully saturated rings. The van der Waals surface area contributed by atoms with Crippen molar-refractivity contribution in [3.05, 3.63) is 77.8 Å². The third-order valence-corrected chi connectivity index (χ3v) is 7.47. The number of ether oxygens (including phenoxy) is 1. The van der Waals surface area contributed by atoms with Crippen molar-refractivity contribution in [2.75, 3.05) is 13.7 Å². The Hall–Kier alpha value is -1.67.